The Kier molecular flexibility index (Phi) is 7.48. The highest BCUT2D eigenvalue weighted by atomic mass is 32.2. The van der Waals surface area contributed by atoms with Gasteiger partial charge in [-0.25, -0.2) is 8.42 Å². The number of sulfone groups is 1. The third-order valence-electron chi connectivity index (χ3n) is 4.21. The molecule has 31 heavy (non-hydrogen) atoms. The van der Waals surface area contributed by atoms with Gasteiger partial charge in [0.1, 0.15) is 17.3 Å². The summed E-state index contributed by atoms with van der Waals surface area (Å²) in [5, 5.41) is 11.4. The average molecular weight is 459 g/mol. The van der Waals surface area contributed by atoms with Crippen molar-refractivity contribution in [2.75, 3.05) is 18.2 Å². The second-order valence-electron chi connectivity index (χ2n) is 6.44. The highest BCUT2D eigenvalue weighted by Crippen LogP contribution is 2.22. The van der Waals surface area contributed by atoms with Crippen LogP contribution in [0.5, 0.6) is 5.75 Å². The minimum absolute atomic E-state index is 0.0813. The molecule has 1 aromatic heterocycles. The topological polar surface area (TPSA) is 103 Å². The number of rotatable bonds is 10. The van der Waals surface area contributed by atoms with E-state index in [9.17, 15) is 13.2 Å². The number of aromatic nitrogens is 3. The molecular formula is C21H22N4O4S2. The number of methoxy groups -OCH3 is 1. The van der Waals surface area contributed by atoms with Gasteiger partial charge in [-0.15, -0.1) is 16.8 Å². The van der Waals surface area contributed by atoms with Gasteiger partial charge in [-0.05, 0) is 24.3 Å². The summed E-state index contributed by atoms with van der Waals surface area (Å²) in [4.78, 5) is 12.5. The Hall–Kier alpha value is -3.11. The third kappa shape index (κ3) is 5.96. The van der Waals surface area contributed by atoms with Crippen molar-refractivity contribution in [1.82, 2.24) is 14.8 Å². The number of thioether (sulfide) groups is 1. The van der Waals surface area contributed by atoms with Gasteiger partial charge in [0, 0.05) is 18.3 Å². The first kappa shape index (κ1) is 22.6. The van der Waals surface area contributed by atoms with Gasteiger partial charge in [-0.2, -0.15) is 0 Å². The van der Waals surface area contributed by atoms with E-state index in [-0.39, 0.29) is 22.3 Å². The number of nitrogens with zero attached hydrogens (tertiary/aromatic N) is 3. The number of ether oxygens (including phenoxy) is 1. The molecule has 0 aliphatic rings. The molecule has 2 aromatic carbocycles. The SMILES string of the molecule is C=CCn1c(CS(=O)(=O)c2ccccc2)nnc1SCC(=O)Nc1cccc(OC)c1. The minimum atomic E-state index is -3.58. The van der Waals surface area contributed by atoms with Gasteiger partial charge in [0.05, 0.1) is 17.8 Å². The Morgan fingerprint density at radius 1 is 1.19 bits per heavy atom. The molecule has 1 N–H and O–H groups in total. The summed E-state index contributed by atoms with van der Waals surface area (Å²) in [6.45, 7) is 4.04. The zero-order valence-corrected chi connectivity index (χ0v) is 18.5. The number of hydrogen-bond acceptors (Lipinski definition) is 7. The fourth-order valence-electron chi connectivity index (χ4n) is 2.75. The van der Waals surface area contributed by atoms with Crippen LogP contribution in [-0.2, 0) is 26.9 Å². The van der Waals surface area contributed by atoms with Crippen LogP contribution in [0.3, 0.4) is 0 Å². The van der Waals surface area contributed by atoms with Crippen molar-refractivity contribution < 1.29 is 17.9 Å². The number of benzene rings is 2. The monoisotopic (exact) mass is 458 g/mol. The molecule has 0 radical (unpaired) electrons. The number of allylic oxidation sites excluding steroid dienone is 1. The van der Waals surface area contributed by atoms with Crippen LogP contribution in [0.25, 0.3) is 0 Å². The first-order chi connectivity index (χ1) is 14.9. The van der Waals surface area contributed by atoms with Crippen LogP contribution >= 0.6 is 11.8 Å². The summed E-state index contributed by atoms with van der Waals surface area (Å²) >= 11 is 1.17. The summed E-state index contributed by atoms with van der Waals surface area (Å²) in [6.07, 6.45) is 1.63. The molecule has 3 aromatic rings. The van der Waals surface area contributed by atoms with Gasteiger partial charge in [-0.1, -0.05) is 42.1 Å². The second-order valence-corrected chi connectivity index (χ2v) is 9.37. The van der Waals surface area contributed by atoms with Crippen molar-refractivity contribution in [2.45, 2.75) is 22.3 Å². The lowest BCUT2D eigenvalue weighted by molar-refractivity contribution is -0.113. The molecule has 0 saturated heterocycles. The van der Waals surface area contributed by atoms with Crippen molar-refractivity contribution in [3.05, 3.63) is 73.1 Å². The maximum Gasteiger partial charge on any atom is 0.234 e. The molecule has 0 spiro atoms. The molecule has 10 heteroatoms. The molecule has 0 aliphatic carbocycles. The fraction of sp³-hybridized carbons (Fsp3) is 0.190. The standard InChI is InChI=1S/C21H22N4O4S2/c1-3-12-25-19(15-31(27,28)18-10-5-4-6-11-18)23-24-21(25)30-14-20(26)22-16-8-7-9-17(13-16)29-2/h3-11,13H,1,12,14-15H2,2H3,(H,22,26). The molecule has 0 aliphatic heterocycles. The van der Waals surface area contributed by atoms with Crippen LogP contribution in [0.15, 0.2) is 77.3 Å². The Balaban J connectivity index is 1.70. The Bertz CT molecular complexity index is 1160. The zero-order chi connectivity index (χ0) is 22.3. The first-order valence-corrected chi connectivity index (χ1v) is 11.9. The maximum atomic E-state index is 12.7. The van der Waals surface area contributed by atoms with Crippen LogP contribution in [0.2, 0.25) is 0 Å². The Morgan fingerprint density at radius 2 is 1.97 bits per heavy atom. The van der Waals surface area contributed by atoms with E-state index in [4.69, 9.17) is 4.74 Å². The minimum Gasteiger partial charge on any atom is -0.497 e. The van der Waals surface area contributed by atoms with E-state index in [1.54, 1.807) is 72.4 Å². The summed E-state index contributed by atoms with van der Waals surface area (Å²) in [6, 6.07) is 15.2. The number of nitrogens with one attached hydrogen (secondary N) is 1. The molecule has 3 rings (SSSR count). The lowest BCUT2D eigenvalue weighted by Crippen LogP contribution is -2.15. The lowest BCUT2D eigenvalue weighted by Gasteiger charge is -2.09. The molecule has 162 valence electrons. The highest BCUT2D eigenvalue weighted by Gasteiger charge is 2.21. The van der Waals surface area contributed by atoms with E-state index in [2.05, 4.69) is 22.1 Å². The van der Waals surface area contributed by atoms with Crippen molar-refractivity contribution in [3.8, 4) is 5.75 Å². The predicted molar refractivity (Wildman–Crippen MR) is 120 cm³/mol. The second kappa shape index (κ2) is 10.3. The van der Waals surface area contributed by atoms with Gasteiger partial charge >= 0.3 is 0 Å². The molecular weight excluding hydrogens is 436 g/mol. The smallest absolute Gasteiger partial charge is 0.234 e. The van der Waals surface area contributed by atoms with Crippen LogP contribution in [0.4, 0.5) is 5.69 Å². The first-order valence-electron chi connectivity index (χ1n) is 9.30. The van der Waals surface area contributed by atoms with Crippen LogP contribution < -0.4 is 10.1 Å². The van der Waals surface area contributed by atoms with E-state index in [0.717, 1.165) is 0 Å². The molecule has 0 atom stereocenters. The number of carbonyl (C=O) groups is 1. The lowest BCUT2D eigenvalue weighted by atomic mass is 10.3. The van der Waals surface area contributed by atoms with E-state index < -0.39 is 9.84 Å². The summed E-state index contributed by atoms with van der Waals surface area (Å²) in [7, 11) is -2.02. The highest BCUT2D eigenvalue weighted by molar-refractivity contribution is 7.99. The largest absolute Gasteiger partial charge is 0.497 e. The van der Waals surface area contributed by atoms with Gasteiger partial charge in [0.15, 0.2) is 15.0 Å². The summed E-state index contributed by atoms with van der Waals surface area (Å²) < 4.78 is 32.2. The van der Waals surface area contributed by atoms with Crippen molar-refractivity contribution >= 4 is 33.2 Å². The summed E-state index contributed by atoms with van der Waals surface area (Å²) in [5.41, 5.74) is 0.618. The third-order valence-corrected chi connectivity index (χ3v) is 6.81. The van der Waals surface area contributed by atoms with E-state index >= 15 is 0 Å². The Labute approximate surface area is 185 Å². The van der Waals surface area contributed by atoms with Crippen LogP contribution in [-0.4, -0.2) is 42.0 Å². The average Bonchev–Trinajstić information content (AvgIpc) is 3.14. The molecule has 0 unspecified atom stereocenters. The van der Waals surface area contributed by atoms with Crippen molar-refractivity contribution in [2.24, 2.45) is 0 Å². The van der Waals surface area contributed by atoms with Crippen LogP contribution in [0, 0.1) is 0 Å². The fourth-order valence-corrected chi connectivity index (χ4v) is 4.81. The molecule has 1 amide bonds. The van der Waals surface area contributed by atoms with E-state index in [1.807, 2.05) is 0 Å². The number of amides is 1. The maximum absolute atomic E-state index is 12.7. The zero-order valence-electron chi connectivity index (χ0n) is 16.9. The molecule has 0 saturated carbocycles. The Morgan fingerprint density at radius 3 is 2.68 bits per heavy atom. The van der Waals surface area contributed by atoms with Crippen molar-refractivity contribution in [3.63, 3.8) is 0 Å². The van der Waals surface area contributed by atoms with Gasteiger partial charge in [0.25, 0.3) is 0 Å². The molecule has 1 heterocycles. The number of hydrogen-bond donors (Lipinski definition) is 1. The predicted octanol–water partition coefficient (Wildman–Crippen LogP) is 3.18. The van der Waals surface area contributed by atoms with E-state index in [0.29, 0.717) is 29.0 Å². The molecule has 0 fully saturated rings. The van der Waals surface area contributed by atoms with Gasteiger partial charge < -0.3 is 14.6 Å². The van der Waals surface area contributed by atoms with Gasteiger partial charge in [-0.3, -0.25) is 4.79 Å². The normalized spacial score (nSPS) is 11.1. The van der Waals surface area contributed by atoms with E-state index in [1.165, 1.54) is 11.8 Å². The quantitative estimate of drug-likeness (QED) is 0.368. The van der Waals surface area contributed by atoms with Crippen molar-refractivity contribution in [1.29, 1.82) is 0 Å². The molecule has 8 nitrogen and oxygen atoms in total. The number of anilines is 1. The number of carbonyl (C=O) groups excluding carboxylic acids is 1. The van der Waals surface area contributed by atoms with Gasteiger partial charge in [0.2, 0.25) is 5.91 Å². The summed E-state index contributed by atoms with van der Waals surface area (Å²) in [5.74, 6) is 0.483. The molecule has 0 bridgehead atoms. The van der Waals surface area contributed by atoms with Crippen LogP contribution in [0.1, 0.15) is 5.82 Å².